The molecular formula is C19H28N2O4S. The third kappa shape index (κ3) is 6.46. The molecule has 26 heavy (non-hydrogen) atoms. The van der Waals surface area contributed by atoms with Gasteiger partial charge in [-0.2, -0.15) is 4.31 Å². The zero-order valence-electron chi connectivity index (χ0n) is 15.6. The van der Waals surface area contributed by atoms with E-state index in [1.165, 1.54) is 29.5 Å². The Kier molecular flexibility index (Phi) is 7.66. The van der Waals surface area contributed by atoms with E-state index in [0.717, 1.165) is 24.3 Å². The fourth-order valence-corrected chi connectivity index (χ4v) is 3.56. The summed E-state index contributed by atoms with van der Waals surface area (Å²) in [4.78, 5) is 13.9. The summed E-state index contributed by atoms with van der Waals surface area (Å²) in [6, 6.07) is 7.64. The zero-order chi connectivity index (χ0) is 19.0. The fraction of sp³-hybridized carbons (Fsp3) is 0.526. The van der Waals surface area contributed by atoms with Gasteiger partial charge >= 0.3 is 0 Å². The zero-order valence-corrected chi connectivity index (χ0v) is 16.4. The maximum absolute atomic E-state index is 12.2. The monoisotopic (exact) mass is 380 g/mol. The first-order chi connectivity index (χ1) is 12.4. The van der Waals surface area contributed by atoms with Crippen molar-refractivity contribution in [3.63, 3.8) is 0 Å². The number of hydrogen-bond acceptors (Lipinski definition) is 4. The van der Waals surface area contributed by atoms with Gasteiger partial charge in [0.15, 0.2) is 0 Å². The van der Waals surface area contributed by atoms with Crippen LogP contribution in [0.2, 0.25) is 0 Å². The van der Waals surface area contributed by atoms with Crippen molar-refractivity contribution in [3.8, 4) is 5.75 Å². The van der Waals surface area contributed by atoms with Crippen LogP contribution in [0.25, 0.3) is 6.08 Å². The van der Waals surface area contributed by atoms with Crippen molar-refractivity contribution in [1.82, 2.24) is 9.21 Å². The van der Waals surface area contributed by atoms with E-state index in [-0.39, 0.29) is 5.91 Å². The van der Waals surface area contributed by atoms with Crippen LogP contribution in [0.15, 0.2) is 30.3 Å². The second-order valence-electron chi connectivity index (χ2n) is 6.45. The van der Waals surface area contributed by atoms with Crippen molar-refractivity contribution < 1.29 is 17.9 Å². The van der Waals surface area contributed by atoms with E-state index in [1.807, 2.05) is 24.3 Å². The molecular weight excluding hydrogens is 352 g/mol. The van der Waals surface area contributed by atoms with E-state index < -0.39 is 10.0 Å². The molecule has 1 amide bonds. The Morgan fingerprint density at radius 2 is 1.77 bits per heavy atom. The predicted molar refractivity (Wildman–Crippen MR) is 103 cm³/mol. The Morgan fingerprint density at radius 3 is 2.35 bits per heavy atom. The molecule has 6 nitrogen and oxygen atoms in total. The van der Waals surface area contributed by atoms with E-state index in [0.29, 0.717) is 26.2 Å². The summed E-state index contributed by atoms with van der Waals surface area (Å²) in [5, 5.41) is 0. The smallest absolute Gasteiger partial charge is 0.246 e. The van der Waals surface area contributed by atoms with Crippen molar-refractivity contribution in [2.75, 3.05) is 39.0 Å². The number of hydrogen-bond donors (Lipinski definition) is 0. The Balaban J connectivity index is 1.81. The topological polar surface area (TPSA) is 66.9 Å². The van der Waals surface area contributed by atoms with Gasteiger partial charge in [0.25, 0.3) is 0 Å². The molecule has 1 heterocycles. The van der Waals surface area contributed by atoms with E-state index in [9.17, 15) is 13.2 Å². The van der Waals surface area contributed by atoms with Crippen molar-refractivity contribution >= 4 is 22.0 Å². The van der Waals surface area contributed by atoms with E-state index in [4.69, 9.17) is 4.74 Å². The largest absolute Gasteiger partial charge is 0.494 e. The maximum atomic E-state index is 12.2. The third-order valence-corrected chi connectivity index (χ3v) is 5.64. The minimum atomic E-state index is -3.18. The average Bonchev–Trinajstić information content (AvgIpc) is 2.63. The van der Waals surface area contributed by atoms with E-state index in [1.54, 1.807) is 11.0 Å². The highest BCUT2D eigenvalue weighted by Gasteiger charge is 2.24. The summed E-state index contributed by atoms with van der Waals surface area (Å²) in [6.45, 7) is 4.42. The quantitative estimate of drug-likeness (QED) is 0.513. The number of carbonyl (C=O) groups excluding carboxylic acids is 1. The third-order valence-electron chi connectivity index (χ3n) is 4.33. The molecule has 0 bridgehead atoms. The summed E-state index contributed by atoms with van der Waals surface area (Å²) in [6.07, 6.45) is 7.89. The Hall–Kier alpha value is -1.86. The number of rotatable bonds is 8. The minimum absolute atomic E-state index is 0.0990. The van der Waals surface area contributed by atoms with Gasteiger partial charge in [-0.1, -0.05) is 31.9 Å². The van der Waals surface area contributed by atoms with Crippen molar-refractivity contribution in [1.29, 1.82) is 0 Å². The lowest BCUT2D eigenvalue weighted by atomic mass is 10.2. The van der Waals surface area contributed by atoms with Crippen LogP contribution < -0.4 is 4.74 Å². The molecule has 1 fully saturated rings. The summed E-state index contributed by atoms with van der Waals surface area (Å²) in [5.74, 6) is 0.736. The molecule has 0 saturated carbocycles. The van der Waals surface area contributed by atoms with Gasteiger partial charge in [-0.05, 0) is 30.2 Å². The molecule has 2 rings (SSSR count). The lowest BCUT2D eigenvalue weighted by Crippen LogP contribution is -2.49. The molecule has 0 radical (unpaired) electrons. The maximum Gasteiger partial charge on any atom is 0.246 e. The van der Waals surface area contributed by atoms with Gasteiger partial charge in [-0.15, -0.1) is 0 Å². The highest BCUT2D eigenvalue weighted by Crippen LogP contribution is 2.14. The molecule has 144 valence electrons. The van der Waals surface area contributed by atoms with Crippen LogP contribution in [0, 0.1) is 0 Å². The lowest BCUT2D eigenvalue weighted by molar-refractivity contribution is -0.127. The molecule has 1 saturated heterocycles. The van der Waals surface area contributed by atoms with E-state index in [2.05, 4.69) is 6.92 Å². The fourth-order valence-electron chi connectivity index (χ4n) is 2.73. The van der Waals surface area contributed by atoms with Crippen LogP contribution >= 0.6 is 0 Å². The number of carbonyl (C=O) groups is 1. The van der Waals surface area contributed by atoms with Crippen LogP contribution in [-0.2, 0) is 14.8 Å². The first kappa shape index (κ1) is 20.5. The van der Waals surface area contributed by atoms with Gasteiger partial charge in [-0.25, -0.2) is 8.42 Å². The summed E-state index contributed by atoms with van der Waals surface area (Å²) < 4.78 is 30.1. The van der Waals surface area contributed by atoms with Crippen LogP contribution in [-0.4, -0.2) is 62.6 Å². The van der Waals surface area contributed by atoms with Gasteiger partial charge in [0.2, 0.25) is 15.9 Å². The molecule has 1 aromatic carbocycles. The SMILES string of the molecule is CCCCCOc1ccc(/C=C/C(=O)N2CCN(S(C)(=O)=O)CC2)cc1. The van der Waals surface area contributed by atoms with Gasteiger partial charge in [-0.3, -0.25) is 4.79 Å². The molecule has 0 aliphatic carbocycles. The molecule has 7 heteroatoms. The number of piperazine rings is 1. The van der Waals surface area contributed by atoms with Gasteiger partial charge < -0.3 is 9.64 Å². The molecule has 0 aromatic heterocycles. The average molecular weight is 381 g/mol. The predicted octanol–water partition coefficient (Wildman–Crippen LogP) is 2.37. The van der Waals surface area contributed by atoms with Gasteiger partial charge in [0.05, 0.1) is 12.9 Å². The van der Waals surface area contributed by atoms with Gasteiger partial charge in [0, 0.05) is 32.3 Å². The van der Waals surface area contributed by atoms with Crippen LogP contribution in [0.1, 0.15) is 31.7 Å². The van der Waals surface area contributed by atoms with Crippen molar-refractivity contribution in [2.24, 2.45) is 0 Å². The van der Waals surface area contributed by atoms with Gasteiger partial charge in [0.1, 0.15) is 5.75 Å². The first-order valence-electron chi connectivity index (χ1n) is 9.05. The minimum Gasteiger partial charge on any atom is -0.494 e. The highest BCUT2D eigenvalue weighted by atomic mass is 32.2. The Bertz CT molecular complexity index is 706. The number of benzene rings is 1. The highest BCUT2D eigenvalue weighted by molar-refractivity contribution is 7.88. The molecule has 0 spiro atoms. The first-order valence-corrected chi connectivity index (χ1v) is 10.9. The van der Waals surface area contributed by atoms with Crippen molar-refractivity contribution in [2.45, 2.75) is 26.2 Å². The number of sulfonamides is 1. The number of nitrogens with zero attached hydrogens (tertiary/aromatic N) is 2. The molecule has 1 aliphatic rings. The molecule has 1 aromatic rings. The van der Waals surface area contributed by atoms with Crippen LogP contribution in [0.3, 0.4) is 0 Å². The second kappa shape index (κ2) is 9.73. The standard InChI is InChI=1S/C19H28N2O4S/c1-3-4-5-16-25-18-9-6-17(7-10-18)8-11-19(22)20-12-14-21(15-13-20)26(2,23)24/h6-11H,3-5,12-16H2,1-2H3/b11-8+. The Labute approximate surface area is 156 Å². The number of amides is 1. The number of unbranched alkanes of at least 4 members (excludes halogenated alkanes) is 2. The Morgan fingerprint density at radius 1 is 1.12 bits per heavy atom. The lowest BCUT2D eigenvalue weighted by Gasteiger charge is -2.32. The second-order valence-corrected chi connectivity index (χ2v) is 8.43. The summed E-state index contributed by atoms with van der Waals surface area (Å²) >= 11 is 0. The summed E-state index contributed by atoms with van der Waals surface area (Å²) in [7, 11) is -3.18. The van der Waals surface area contributed by atoms with Crippen LogP contribution in [0.5, 0.6) is 5.75 Å². The molecule has 0 N–H and O–H groups in total. The van der Waals surface area contributed by atoms with Crippen molar-refractivity contribution in [3.05, 3.63) is 35.9 Å². The number of ether oxygens (including phenoxy) is 1. The summed E-state index contributed by atoms with van der Waals surface area (Å²) in [5.41, 5.74) is 0.925. The molecule has 0 unspecified atom stereocenters. The van der Waals surface area contributed by atoms with E-state index >= 15 is 0 Å². The molecule has 0 atom stereocenters. The normalized spacial score (nSPS) is 16.2. The van der Waals surface area contributed by atoms with Crippen LogP contribution in [0.4, 0.5) is 0 Å². The molecule has 1 aliphatic heterocycles.